The van der Waals surface area contributed by atoms with Crippen molar-refractivity contribution in [2.24, 2.45) is 5.73 Å². The van der Waals surface area contributed by atoms with E-state index in [0.717, 1.165) is 6.42 Å². The molecule has 2 rings (SSSR count). The zero-order valence-corrected chi connectivity index (χ0v) is 10.7. The zero-order chi connectivity index (χ0) is 11.5. The second-order valence-electron chi connectivity index (χ2n) is 4.61. The highest BCUT2D eigenvalue weighted by molar-refractivity contribution is 5.85. The van der Waals surface area contributed by atoms with Crippen molar-refractivity contribution in [1.29, 1.82) is 0 Å². The topological polar surface area (TPSA) is 55.1 Å². The van der Waals surface area contributed by atoms with Crippen LogP contribution in [0.3, 0.4) is 0 Å². The normalized spacial score (nSPS) is 23.4. The highest BCUT2D eigenvalue weighted by Crippen LogP contribution is 2.40. The summed E-state index contributed by atoms with van der Waals surface area (Å²) in [5, 5.41) is 3.01. The van der Waals surface area contributed by atoms with Gasteiger partial charge in [-0.2, -0.15) is 0 Å². The number of carbonyl (C=O) groups is 1. The number of benzene rings is 1. The van der Waals surface area contributed by atoms with Crippen LogP contribution in [0.1, 0.15) is 31.2 Å². The lowest BCUT2D eigenvalue weighted by molar-refractivity contribution is -0.121. The van der Waals surface area contributed by atoms with Gasteiger partial charge in [0.15, 0.2) is 0 Å². The molecule has 1 aliphatic carbocycles. The first-order valence-electron chi connectivity index (χ1n) is 5.76. The lowest BCUT2D eigenvalue weighted by Gasteiger charge is -2.06. The van der Waals surface area contributed by atoms with E-state index in [2.05, 4.69) is 17.4 Å². The molecular formula is C13H19ClN2O. The fourth-order valence-electron chi connectivity index (χ4n) is 1.98. The molecule has 3 atom stereocenters. The van der Waals surface area contributed by atoms with Crippen LogP contribution in [0, 0.1) is 0 Å². The van der Waals surface area contributed by atoms with E-state index in [9.17, 15) is 4.79 Å². The molecule has 1 aromatic carbocycles. The molecular weight excluding hydrogens is 236 g/mol. The van der Waals surface area contributed by atoms with Crippen molar-refractivity contribution in [3.05, 3.63) is 35.9 Å². The van der Waals surface area contributed by atoms with Crippen molar-refractivity contribution in [2.45, 2.75) is 37.8 Å². The third-order valence-corrected chi connectivity index (χ3v) is 2.87. The van der Waals surface area contributed by atoms with Gasteiger partial charge in [-0.3, -0.25) is 4.79 Å². The molecule has 1 amide bonds. The molecule has 1 aliphatic rings. The molecule has 0 aliphatic heterocycles. The fourth-order valence-corrected chi connectivity index (χ4v) is 1.98. The summed E-state index contributed by atoms with van der Waals surface area (Å²) < 4.78 is 0. The second-order valence-corrected chi connectivity index (χ2v) is 4.61. The molecule has 17 heavy (non-hydrogen) atoms. The molecule has 0 aromatic heterocycles. The van der Waals surface area contributed by atoms with Gasteiger partial charge in [-0.05, 0) is 18.9 Å². The van der Waals surface area contributed by atoms with Gasteiger partial charge in [-0.25, -0.2) is 0 Å². The van der Waals surface area contributed by atoms with Crippen LogP contribution in [0.5, 0.6) is 0 Å². The van der Waals surface area contributed by atoms with Crippen molar-refractivity contribution >= 4 is 18.3 Å². The quantitative estimate of drug-likeness (QED) is 0.861. The third kappa shape index (κ3) is 4.02. The van der Waals surface area contributed by atoms with E-state index in [1.807, 2.05) is 25.1 Å². The lowest BCUT2D eigenvalue weighted by Crippen LogP contribution is -2.31. The summed E-state index contributed by atoms with van der Waals surface area (Å²) in [4.78, 5) is 11.5. The minimum atomic E-state index is -0.0612. The fraction of sp³-hybridized carbons (Fsp3) is 0.462. The molecule has 1 saturated carbocycles. The number of hydrogen-bond acceptors (Lipinski definition) is 2. The molecule has 3 N–H and O–H groups in total. The Labute approximate surface area is 108 Å². The van der Waals surface area contributed by atoms with Gasteiger partial charge in [0.05, 0.1) is 0 Å². The highest BCUT2D eigenvalue weighted by Gasteiger charge is 2.39. The summed E-state index contributed by atoms with van der Waals surface area (Å²) in [6.45, 7) is 1.85. The largest absolute Gasteiger partial charge is 0.353 e. The Hall–Kier alpha value is -1.06. The van der Waals surface area contributed by atoms with Crippen molar-refractivity contribution < 1.29 is 4.79 Å². The van der Waals surface area contributed by atoms with Gasteiger partial charge in [0.25, 0.3) is 0 Å². The average molecular weight is 255 g/mol. The van der Waals surface area contributed by atoms with Crippen LogP contribution in [0.2, 0.25) is 0 Å². The Kier molecular flexibility index (Phi) is 4.97. The van der Waals surface area contributed by atoms with Crippen LogP contribution in [-0.4, -0.2) is 18.0 Å². The monoisotopic (exact) mass is 254 g/mol. The van der Waals surface area contributed by atoms with Gasteiger partial charge in [-0.1, -0.05) is 30.3 Å². The molecule has 1 fully saturated rings. The Morgan fingerprint density at radius 1 is 1.47 bits per heavy atom. The van der Waals surface area contributed by atoms with Crippen molar-refractivity contribution in [1.82, 2.24) is 5.32 Å². The number of amides is 1. The van der Waals surface area contributed by atoms with Crippen LogP contribution in [0.25, 0.3) is 0 Å². The van der Waals surface area contributed by atoms with Crippen LogP contribution >= 0.6 is 12.4 Å². The van der Waals surface area contributed by atoms with Gasteiger partial charge < -0.3 is 11.1 Å². The van der Waals surface area contributed by atoms with E-state index in [0.29, 0.717) is 18.4 Å². The van der Waals surface area contributed by atoms with Gasteiger partial charge in [0.1, 0.15) is 0 Å². The lowest BCUT2D eigenvalue weighted by atomic mass is 10.1. The first kappa shape index (κ1) is 14.0. The minimum Gasteiger partial charge on any atom is -0.353 e. The van der Waals surface area contributed by atoms with Crippen LogP contribution < -0.4 is 11.1 Å². The summed E-state index contributed by atoms with van der Waals surface area (Å²) in [6, 6.07) is 10.6. The van der Waals surface area contributed by atoms with Crippen molar-refractivity contribution in [2.75, 3.05) is 0 Å². The van der Waals surface area contributed by atoms with E-state index in [4.69, 9.17) is 5.73 Å². The van der Waals surface area contributed by atoms with E-state index >= 15 is 0 Å². The van der Waals surface area contributed by atoms with Gasteiger partial charge in [-0.15, -0.1) is 12.4 Å². The molecule has 94 valence electrons. The molecule has 0 bridgehead atoms. The highest BCUT2D eigenvalue weighted by atomic mass is 35.5. The Morgan fingerprint density at radius 2 is 2.12 bits per heavy atom. The Balaban J connectivity index is 0.00000144. The van der Waals surface area contributed by atoms with Crippen molar-refractivity contribution in [3.8, 4) is 0 Å². The summed E-state index contributed by atoms with van der Waals surface area (Å²) in [6.07, 6.45) is 1.46. The summed E-state index contributed by atoms with van der Waals surface area (Å²) >= 11 is 0. The molecule has 0 spiro atoms. The average Bonchev–Trinajstić information content (AvgIpc) is 2.97. The maximum absolute atomic E-state index is 11.5. The van der Waals surface area contributed by atoms with Gasteiger partial charge in [0.2, 0.25) is 5.91 Å². The number of nitrogens with one attached hydrogen (secondary N) is 1. The molecule has 0 saturated heterocycles. The smallest absolute Gasteiger partial charge is 0.221 e. The SMILES string of the molecule is CC(N)CC(=O)NC1CC1c1ccccc1.Cl. The predicted molar refractivity (Wildman–Crippen MR) is 71.2 cm³/mol. The molecule has 0 radical (unpaired) electrons. The molecule has 0 heterocycles. The van der Waals surface area contributed by atoms with Crippen LogP contribution in [0.15, 0.2) is 30.3 Å². The Bertz CT molecular complexity index is 367. The van der Waals surface area contributed by atoms with E-state index < -0.39 is 0 Å². The second kappa shape index (κ2) is 6.03. The zero-order valence-electron chi connectivity index (χ0n) is 9.93. The van der Waals surface area contributed by atoms with E-state index in [1.165, 1.54) is 5.56 Å². The van der Waals surface area contributed by atoms with Gasteiger partial charge >= 0.3 is 0 Å². The van der Waals surface area contributed by atoms with Gasteiger partial charge in [0, 0.05) is 24.4 Å². The standard InChI is InChI=1S/C13H18N2O.ClH/c1-9(14)7-13(16)15-12-8-11(12)10-5-3-2-4-6-10;/h2-6,9,11-12H,7-8,14H2,1H3,(H,15,16);1H. The predicted octanol–water partition coefficient (Wildman–Crippen LogP) is 1.82. The third-order valence-electron chi connectivity index (χ3n) is 2.87. The molecule has 3 nitrogen and oxygen atoms in total. The van der Waals surface area contributed by atoms with E-state index in [-0.39, 0.29) is 24.4 Å². The minimum absolute atomic E-state index is 0. The first-order chi connectivity index (χ1) is 7.66. The first-order valence-corrected chi connectivity index (χ1v) is 5.76. The number of carbonyl (C=O) groups excluding carboxylic acids is 1. The molecule has 4 heteroatoms. The maximum Gasteiger partial charge on any atom is 0.221 e. The van der Waals surface area contributed by atoms with Crippen molar-refractivity contribution in [3.63, 3.8) is 0 Å². The number of halogens is 1. The maximum atomic E-state index is 11.5. The molecule has 3 unspecified atom stereocenters. The number of nitrogens with two attached hydrogens (primary N) is 1. The molecule has 1 aromatic rings. The Morgan fingerprint density at radius 3 is 2.71 bits per heavy atom. The van der Waals surface area contributed by atoms with Crippen LogP contribution in [-0.2, 0) is 4.79 Å². The van der Waals surface area contributed by atoms with E-state index in [1.54, 1.807) is 0 Å². The number of rotatable bonds is 4. The summed E-state index contributed by atoms with van der Waals surface area (Å²) in [5.74, 6) is 0.566. The summed E-state index contributed by atoms with van der Waals surface area (Å²) in [5.41, 5.74) is 6.89. The van der Waals surface area contributed by atoms with Crippen LogP contribution in [0.4, 0.5) is 0 Å². The summed E-state index contributed by atoms with van der Waals surface area (Å²) in [7, 11) is 0. The number of hydrogen-bond donors (Lipinski definition) is 2.